The largest absolute Gasteiger partial charge is 0.379 e. The van der Waals surface area contributed by atoms with Crippen LogP contribution in [0.25, 0.3) is 0 Å². The molecule has 2 aromatic rings. The Labute approximate surface area is 127 Å². The number of anilines is 1. The lowest BCUT2D eigenvalue weighted by Crippen LogP contribution is -2.08. The number of aromatic nitrogens is 2. The van der Waals surface area contributed by atoms with E-state index in [4.69, 9.17) is 34.8 Å². The van der Waals surface area contributed by atoms with Crippen molar-refractivity contribution >= 4 is 40.5 Å². The van der Waals surface area contributed by atoms with Crippen molar-refractivity contribution in [3.8, 4) is 0 Å². The van der Waals surface area contributed by atoms with Crippen LogP contribution in [0.2, 0.25) is 15.1 Å². The quantitative estimate of drug-likeness (QED) is 0.879. The predicted octanol–water partition coefficient (Wildman–Crippen LogP) is 4.78. The van der Waals surface area contributed by atoms with Gasteiger partial charge in [-0.1, -0.05) is 34.8 Å². The second-order valence-electron chi connectivity index (χ2n) is 4.17. The summed E-state index contributed by atoms with van der Waals surface area (Å²) in [6.45, 7) is 5.28. The molecule has 3 nitrogen and oxygen atoms in total. The van der Waals surface area contributed by atoms with Crippen molar-refractivity contribution < 1.29 is 0 Å². The van der Waals surface area contributed by atoms with E-state index in [0.29, 0.717) is 21.6 Å². The highest BCUT2D eigenvalue weighted by Crippen LogP contribution is 2.25. The summed E-state index contributed by atoms with van der Waals surface area (Å²) in [5.41, 5.74) is 2.65. The molecule has 0 aliphatic heterocycles. The molecule has 19 heavy (non-hydrogen) atoms. The Bertz CT molecular complexity index is 573. The van der Waals surface area contributed by atoms with Crippen LogP contribution in [0.15, 0.2) is 18.2 Å². The minimum atomic E-state index is 0.574. The van der Waals surface area contributed by atoms with Crippen LogP contribution in [0.5, 0.6) is 0 Å². The predicted molar refractivity (Wildman–Crippen MR) is 81.4 cm³/mol. The summed E-state index contributed by atoms with van der Waals surface area (Å²) in [5.74, 6) is 0. The summed E-state index contributed by atoms with van der Waals surface area (Å²) in [4.78, 5) is 0. The van der Waals surface area contributed by atoms with Gasteiger partial charge in [-0.15, -0.1) is 0 Å². The fourth-order valence-electron chi connectivity index (χ4n) is 1.88. The summed E-state index contributed by atoms with van der Waals surface area (Å²) < 4.78 is 1.89. The highest BCUT2D eigenvalue weighted by molar-refractivity contribution is 6.35. The summed E-state index contributed by atoms with van der Waals surface area (Å²) >= 11 is 18.2. The Hall–Kier alpha value is -0.900. The van der Waals surface area contributed by atoms with Gasteiger partial charge in [0.1, 0.15) is 0 Å². The maximum absolute atomic E-state index is 6.25. The zero-order valence-corrected chi connectivity index (χ0v) is 12.9. The van der Waals surface area contributed by atoms with Gasteiger partial charge in [-0.2, -0.15) is 5.10 Å². The van der Waals surface area contributed by atoms with Gasteiger partial charge in [-0.3, -0.25) is 4.68 Å². The summed E-state index contributed by atoms with van der Waals surface area (Å²) in [5, 5.41) is 9.52. The highest BCUT2D eigenvalue weighted by Gasteiger charge is 2.12. The molecule has 1 N–H and O–H groups in total. The van der Waals surface area contributed by atoms with E-state index in [1.165, 1.54) is 0 Å². The molecule has 0 amide bonds. The van der Waals surface area contributed by atoms with Crippen LogP contribution in [0, 0.1) is 6.92 Å². The Morgan fingerprint density at radius 1 is 1.16 bits per heavy atom. The minimum absolute atomic E-state index is 0.574. The number of aryl methyl sites for hydroxylation is 2. The number of hydrogen-bond donors (Lipinski definition) is 1. The molecule has 0 saturated heterocycles. The summed E-state index contributed by atoms with van der Waals surface area (Å²) in [7, 11) is 0. The molecule has 0 fully saturated rings. The molecule has 1 heterocycles. The van der Waals surface area contributed by atoms with E-state index < -0.39 is 0 Å². The van der Waals surface area contributed by atoms with E-state index >= 15 is 0 Å². The van der Waals surface area contributed by atoms with Crippen LogP contribution in [0.1, 0.15) is 18.3 Å². The molecule has 2 rings (SSSR count). The number of hydrogen-bond acceptors (Lipinski definition) is 2. The van der Waals surface area contributed by atoms with Crippen molar-refractivity contribution in [1.82, 2.24) is 9.78 Å². The van der Waals surface area contributed by atoms with Gasteiger partial charge in [0.25, 0.3) is 0 Å². The minimum Gasteiger partial charge on any atom is -0.379 e. The molecule has 0 radical (unpaired) electrons. The van der Waals surface area contributed by atoms with Gasteiger partial charge in [0, 0.05) is 22.3 Å². The molecule has 0 aliphatic rings. The van der Waals surface area contributed by atoms with Crippen LogP contribution < -0.4 is 5.32 Å². The monoisotopic (exact) mass is 317 g/mol. The molecular weight excluding hydrogens is 305 g/mol. The van der Waals surface area contributed by atoms with E-state index in [0.717, 1.165) is 23.6 Å². The molecule has 102 valence electrons. The van der Waals surface area contributed by atoms with Crippen molar-refractivity contribution in [3.63, 3.8) is 0 Å². The van der Waals surface area contributed by atoms with Crippen LogP contribution in [-0.2, 0) is 13.1 Å². The fraction of sp³-hybridized carbons (Fsp3) is 0.308. The lowest BCUT2D eigenvalue weighted by molar-refractivity contribution is 0.623. The third kappa shape index (κ3) is 3.35. The van der Waals surface area contributed by atoms with Crippen LogP contribution in [-0.4, -0.2) is 9.78 Å². The van der Waals surface area contributed by atoms with Crippen molar-refractivity contribution in [1.29, 1.82) is 0 Å². The number of nitrogens with one attached hydrogen (secondary N) is 1. The molecule has 0 atom stereocenters. The average molecular weight is 319 g/mol. The molecule has 0 bridgehead atoms. The molecular formula is C13H14Cl3N3. The van der Waals surface area contributed by atoms with Crippen molar-refractivity contribution in [3.05, 3.63) is 44.7 Å². The standard InChI is InChI=1S/C13H14Cl3N3/c1-3-19-12(13(16)8(2)18-19)7-17-11-5-9(14)4-10(15)6-11/h4-6,17H,3,7H2,1-2H3. The fourth-order valence-corrected chi connectivity index (χ4v) is 2.61. The zero-order chi connectivity index (χ0) is 14.0. The van der Waals surface area contributed by atoms with Gasteiger partial charge < -0.3 is 5.32 Å². The van der Waals surface area contributed by atoms with E-state index in [9.17, 15) is 0 Å². The first-order chi connectivity index (χ1) is 9.01. The van der Waals surface area contributed by atoms with Gasteiger partial charge in [0.15, 0.2) is 0 Å². The topological polar surface area (TPSA) is 29.9 Å². The molecule has 0 saturated carbocycles. The molecule has 1 aromatic heterocycles. The molecule has 6 heteroatoms. The maximum Gasteiger partial charge on any atom is 0.0865 e. The molecule has 0 spiro atoms. The Balaban J connectivity index is 2.18. The Morgan fingerprint density at radius 3 is 2.37 bits per heavy atom. The zero-order valence-electron chi connectivity index (χ0n) is 10.7. The van der Waals surface area contributed by atoms with Crippen molar-refractivity contribution in [2.75, 3.05) is 5.32 Å². The Morgan fingerprint density at radius 2 is 1.79 bits per heavy atom. The normalized spacial score (nSPS) is 10.8. The van der Waals surface area contributed by atoms with Gasteiger partial charge in [-0.05, 0) is 32.0 Å². The van der Waals surface area contributed by atoms with Gasteiger partial charge >= 0.3 is 0 Å². The number of halogens is 3. The maximum atomic E-state index is 6.25. The lowest BCUT2D eigenvalue weighted by atomic mass is 10.3. The van der Waals surface area contributed by atoms with Gasteiger partial charge in [-0.25, -0.2) is 0 Å². The van der Waals surface area contributed by atoms with Crippen molar-refractivity contribution in [2.45, 2.75) is 26.9 Å². The van der Waals surface area contributed by atoms with Crippen molar-refractivity contribution in [2.24, 2.45) is 0 Å². The highest BCUT2D eigenvalue weighted by atomic mass is 35.5. The van der Waals surface area contributed by atoms with Crippen LogP contribution in [0.3, 0.4) is 0 Å². The van der Waals surface area contributed by atoms with E-state index in [-0.39, 0.29) is 0 Å². The number of rotatable bonds is 4. The van der Waals surface area contributed by atoms with E-state index in [1.54, 1.807) is 6.07 Å². The van der Waals surface area contributed by atoms with Gasteiger partial charge in [0.05, 0.1) is 23.0 Å². The molecule has 0 unspecified atom stereocenters. The van der Waals surface area contributed by atoms with E-state index in [2.05, 4.69) is 10.4 Å². The summed E-state index contributed by atoms with van der Waals surface area (Å²) in [6.07, 6.45) is 0. The SMILES string of the molecule is CCn1nc(C)c(Cl)c1CNc1cc(Cl)cc(Cl)c1. The lowest BCUT2D eigenvalue weighted by Gasteiger charge is -2.09. The molecule has 1 aromatic carbocycles. The third-order valence-corrected chi connectivity index (χ3v) is 3.70. The average Bonchev–Trinajstić information content (AvgIpc) is 2.62. The van der Waals surface area contributed by atoms with Crippen LogP contribution in [0.4, 0.5) is 5.69 Å². The second-order valence-corrected chi connectivity index (χ2v) is 5.42. The number of nitrogens with zero attached hydrogens (tertiary/aromatic N) is 2. The first kappa shape index (κ1) is 14.5. The first-order valence-corrected chi connectivity index (χ1v) is 7.06. The van der Waals surface area contributed by atoms with Crippen LogP contribution >= 0.6 is 34.8 Å². The second kappa shape index (κ2) is 6.04. The first-order valence-electron chi connectivity index (χ1n) is 5.93. The van der Waals surface area contributed by atoms with E-state index in [1.807, 2.05) is 30.7 Å². The smallest absolute Gasteiger partial charge is 0.0865 e. The summed E-state index contributed by atoms with van der Waals surface area (Å²) in [6, 6.07) is 5.34. The molecule has 0 aliphatic carbocycles. The van der Waals surface area contributed by atoms with Gasteiger partial charge in [0.2, 0.25) is 0 Å². The third-order valence-electron chi connectivity index (χ3n) is 2.78. The Kier molecular flexibility index (Phi) is 4.61. The number of benzene rings is 1.